The predicted octanol–water partition coefficient (Wildman–Crippen LogP) is 3.98. The largest absolute Gasteiger partial charge is 0.0778 e. The molecule has 14 heavy (non-hydrogen) atoms. The van der Waals surface area contributed by atoms with Crippen molar-refractivity contribution in [2.45, 2.75) is 13.3 Å². The van der Waals surface area contributed by atoms with Crippen LogP contribution in [0.25, 0.3) is 5.57 Å². The Morgan fingerprint density at radius 2 is 1.71 bits per heavy atom. The van der Waals surface area contributed by atoms with E-state index >= 15 is 0 Å². The molecule has 0 atom stereocenters. The first-order valence-corrected chi connectivity index (χ1v) is 4.97. The van der Waals surface area contributed by atoms with E-state index in [9.17, 15) is 0 Å². The van der Waals surface area contributed by atoms with Crippen LogP contribution in [0.15, 0.2) is 60.2 Å². The van der Waals surface area contributed by atoms with Crippen molar-refractivity contribution in [3.8, 4) is 0 Å². The summed E-state index contributed by atoms with van der Waals surface area (Å²) >= 11 is 0. The minimum Gasteiger partial charge on any atom is -0.0778 e. The molecule has 1 aliphatic rings. The zero-order valence-electron chi connectivity index (χ0n) is 8.40. The van der Waals surface area contributed by atoms with Crippen LogP contribution in [-0.2, 0) is 0 Å². The lowest BCUT2D eigenvalue weighted by atomic mass is 10.1. The fraction of sp³-hybridized carbons (Fsp3) is 0.143. The molecule has 0 nitrogen and oxygen atoms in total. The van der Waals surface area contributed by atoms with Crippen molar-refractivity contribution in [3.05, 3.63) is 65.8 Å². The lowest BCUT2D eigenvalue weighted by molar-refractivity contribution is 1.35. The van der Waals surface area contributed by atoms with Crippen molar-refractivity contribution >= 4 is 5.57 Å². The standard InChI is InChI=1S/C14H14/c1-12-6-5-9-14(11-10-12)13-7-3-2-4-8-13/h2-4,6-11H,5H2,1H3. The molecule has 0 heterocycles. The van der Waals surface area contributed by atoms with Gasteiger partial charge in [0.05, 0.1) is 0 Å². The molecule has 1 aliphatic carbocycles. The quantitative estimate of drug-likeness (QED) is 0.616. The minimum atomic E-state index is 1.03. The Morgan fingerprint density at radius 1 is 0.929 bits per heavy atom. The van der Waals surface area contributed by atoms with Gasteiger partial charge in [0.2, 0.25) is 0 Å². The smallest absolute Gasteiger partial charge is 0.0154 e. The zero-order valence-corrected chi connectivity index (χ0v) is 8.40. The monoisotopic (exact) mass is 182 g/mol. The molecular formula is C14H14. The van der Waals surface area contributed by atoms with E-state index < -0.39 is 0 Å². The van der Waals surface area contributed by atoms with Gasteiger partial charge in [-0.15, -0.1) is 0 Å². The Balaban J connectivity index is 2.30. The highest BCUT2D eigenvalue weighted by Gasteiger charge is 1.98. The van der Waals surface area contributed by atoms with Gasteiger partial charge in [-0.1, -0.05) is 60.2 Å². The van der Waals surface area contributed by atoms with Gasteiger partial charge in [0, 0.05) is 0 Å². The van der Waals surface area contributed by atoms with Crippen LogP contribution in [0.5, 0.6) is 0 Å². The molecule has 70 valence electrons. The number of allylic oxidation sites excluding steroid dienone is 6. The van der Waals surface area contributed by atoms with E-state index in [-0.39, 0.29) is 0 Å². The summed E-state index contributed by atoms with van der Waals surface area (Å²) in [4.78, 5) is 0. The van der Waals surface area contributed by atoms with Crippen molar-refractivity contribution in [1.29, 1.82) is 0 Å². The first kappa shape index (κ1) is 9.01. The third-order valence-corrected chi connectivity index (χ3v) is 2.41. The highest BCUT2D eigenvalue weighted by atomic mass is 14.0. The van der Waals surface area contributed by atoms with Crippen LogP contribution in [-0.4, -0.2) is 0 Å². The summed E-state index contributed by atoms with van der Waals surface area (Å²) in [7, 11) is 0. The summed E-state index contributed by atoms with van der Waals surface area (Å²) in [5.41, 5.74) is 3.96. The van der Waals surface area contributed by atoms with Crippen LogP contribution in [0.1, 0.15) is 18.9 Å². The topological polar surface area (TPSA) is 0 Å². The lowest BCUT2D eigenvalue weighted by Gasteiger charge is -2.00. The minimum absolute atomic E-state index is 1.03. The Bertz CT molecular complexity index is 391. The molecule has 2 rings (SSSR count). The number of rotatable bonds is 1. The van der Waals surface area contributed by atoms with Gasteiger partial charge in [0.25, 0.3) is 0 Å². The molecule has 0 fully saturated rings. The molecule has 0 spiro atoms. The van der Waals surface area contributed by atoms with Crippen molar-refractivity contribution < 1.29 is 0 Å². The maximum Gasteiger partial charge on any atom is -0.0154 e. The molecule has 0 saturated carbocycles. The molecule has 0 heteroatoms. The molecule has 1 aromatic rings. The summed E-state index contributed by atoms with van der Waals surface area (Å²) in [6, 6.07) is 10.5. The van der Waals surface area contributed by atoms with Crippen LogP contribution < -0.4 is 0 Å². The zero-order chi connectivity index (χ0) is 9.80. The number of benzene rings is 1. The second kappa shape index (κ2) is 4.10. The third-order valence-electron chi connectivity index (χ3n) is 2.41. The van der Waals surface area contributed by atoms with E-state index in [1.807, 2.05) is 6.07 Å². The Hall–Kier alpha value is -1.56. The van der Waals surface area contributed by atoms with Crippen molar-refractivity contribution in [2.75, 3.05) is 0 Å². The van der Waals surface area contributed by atoms with Gasteiger partial charge in [0.1, 0.15) is 0 Å². The van der Waals surface area contributed by atoms with Gasteiger partial charge in [-0.05, 0) is 24.5 Å². The molecular weight excluding hydrogens is 168 g/mol. The number of hydrogen-bond acceptors (Lipinski definition) is 0. The normalized spacial score (nSPS) is 15.8. The average Bonchev–Trinajstić information content (AvgIpc) is 2.44. The van der Waals surface area contributed by atoms with Crippen LogP contribution in [0.3, 0.4) is 0 Å². The third kappa shape index (κ3) is 2.02. The molecule has 0 aromatic heterocycles. The van der Waals surface area contributed by atoms with Crippen LogP contribution in [0.4, 0.5) is 0 Å². The summed E-state index contributed by atoms with van der Waals surface area (Å²) in [6.45, 7) is 2.14. The first-order chi connectivity index (χ1) is 6.86. The summed E-state index contributed by atoms with van der Waals surface area (Å²) < 4.78 is 0. The van der Waals surface area contributed by atoms with Gasteiger partial charge in [-0.25, -0.2) is 0 Å². The molecule has 0 radical (unpaired) electrons. The average molecular weight is 182 g/mol. The molecule has 0 aliphatic heterocycles. The second-order valence-corrected chi connectivity index (χ2v) is 3.54. The number of hydrogen-bond donors (Lipinski definition) is 0. The fourth-order valence-electron chi connectivity index (χ4n) is 1.57. The molecule has 0 saturated heterocycles. The SMILES string of the molecule is CC1=CCC=C(c2ccccc2)C=C1. The van der Waals surface area contributed by atoms with Crippen LogP contribution in [0, 0.1) is 0 Å². The predicted molar refractivity (Wildman–Crippen MR) is 61.9 cm³/mol. The van der Waals surface area contributed by atoms with Crippen LogP contribution in [0.2, 0.25) is 0 Å². The van der Waals surface area contributed by atoms with Gasteiger partial charge in [-0.3, -0.25) is 0 Å². The van der Waals surface area contributed by atoms with E-state index in [4.69, 9.17) is 0 Å². The Kier molecular flexibility index (Phi) is 2.64. The summed E-state index contributed by atoms with van der Waals surface area (Å²) in [6.07, 6.45) is 9.90. The first-order valence-electron chi connectivity index (χ1n) is 4.97. The van der Waals surface area contributed by atoms with Crippen molar-refractivity contribution in [3.63, 3.8) is 0 Å². The highest BCUT2D eigenvalue weighted by molar-refractivity contribution is 5.75. The van der Waals surface area contributed by atoms with E-state index in [0.29, 0.717) is 0 Å². The van der Waals surface area contributed by atoms with E-state index in [1.165, 1.54) is 16.7 Å². The van der Waals surface area contributed by atoms with Gasteiger partial charge in [0.15, 0.2) is 0 Å². The van der Waals surface area contributed by atoms with Gasteiger partial charge < -0.3 is 0 Å². The highest BCUT2D eigenvalue weighted by Crippen LogP contribution is 2.19. The summed E-state index contributed by atoms with van der Waals surface area (Å²) in [5, 5.41) is 0. The molecule has 0 N–H and O–H groups in total. The van der Waals surface area contributed by atoms with E-state index in [2.05, 4.69) is 55.5 Å². The summed E-state index contributed by atoms with van der Waals surface area (Å²) in [5.74, 6) is 0. The van der Waals surface area contributed by atoms with E-state index in [1.54, 1.807) is 0 Å². The fourth-order valence-corrected chi connectivity index (χ4v) is 1.57. The van der Waals surface area contributed by atoms with E-state index in [0.717, 1.165) is 6.42 Å². The van der Waals surface area contributed by atoms with Gasteiger partial charge >= 0.3 is 0 Å². The second-order valence-electron chi connectivity index (χ2n) is 3.54. The van der Waals surface area contributed by atoms with Crippen molar-refractivity contribution in [1.82, 2.24) is 0 Å². The lowest BCUT2D eigenvalue weighted by Crippen LogP contribution is -1.78. The molecule has 0 unspecified atom stereocenters. The molecule has 0 amide bonds. The Morgan fingerprint density at radius 3 is 2.50 bits per heavy atom. The maximum absolute atomic E-state index is 2.27. The molecule has 1 aromatic carbocycles. The van der Waals surface area contributed by atoms with Crippen LogP contribution >= 0.6 is 0 Å². The maximum atomic E-state index is 2.27. The Labute approximate surface area is 85.3 Å². The van der Waals surface area contributed by atoms with Crippen molar-refractivity contribution in [2.24, 2.45) is 0 Å². The molecule has 0 bridgehead atoms. The van der Waals surface area contributed by atoms with Gasteiger partial charge in [-0.2, -0.15) is 0 Å².